The molecule has 2 N–H and O–H groups in total. The number of hydrogen-bond donors (Lipinski definition) is 2. The lowest BCUT2D eigenvalue weighted by atomic mass is 10.1. The number of aryl methyl sites for hydroxylation is 1. The van der Waals surface area contributed by atoms with Crippen LogP contribution in [0.5, 0.6) is 0 Å². The van der Waals surface area contributed by atoms with Gasteiger partial charge in [0.2, 0.25) is 0 Å². The molecule has 0 fully saturated rings. The minimum absolute atomic E-state index is 0.0453. The maximum Gasteiger partial charge on any atom is 0.303 e. The Morgan fingerprint density at radius 2 is 2.09 bits per heavy atom. The van der Waals surface area contributed by atoms with Crippen LogP contribution in [-0.2, 0) is 17.6 Å². The Hall–Kier alpha value is -2.50. The molecule has 6 nitrogen and oxygen atoms in total. The van der Waals surface area contributed by atoms with Gasteiger partial charge in [-0.05, 0) is 37.3 Å². The molecule has 0 aliphatic heterocycles. The standard InChI is InChI=1S/C17H20N4O2/c1-11(9-15(22)23)10-19-17-13-3-2-4-14(13)20-16(21-17)12-5-7-18-8-6-12/h5-8,11H,2-4,9-10H2,1H3,(H,22,23)(H,19,20,21). The number of hydrogen-bond acceptors (Lipinski definition) is 5. The van der Waals surface area contributed by atoms with Crippen LogP contribution in [0.2, 0.25) is 0 Å². The molecule has 2 aromatic heterocycles. The van der Waals surface area contributed by atoms with Crippen LogP contribution in [0.3, 0.4) is 0 Å². The van der Waals surface area contributed by atoms with E-state index < -0.39 is 5.97 Å². The molecule has 1 atom stereocenters. The number of carboxylic acid groups (broad SMARTS) is 1. The fourth-order valence-corrected chi connectivity index (χ4v) is 2.85. The van der Waals surface area contributed by atoms with E-state index in [0.717, 1.165) is 36.3 Å². The van der Waals surface area contributed by atoms with Crippen LogP contribution >= 0.6 is 0 Å². The number of rotatable bonds is 6. The third-order valence-corrected chi connectivity index (χ3v) is 4.01. The van der Waals surface area contributed by atoms with Crippen LogP contribution in [0.1, 0.15) is 31.0 Å². The lowest BCUT2D eigenvalue weighted by molar-refractivity contribution is -0.137. The van der Waals surface area contributed by atoms with Crippen molar-refractivity contribution in [1.29, 1.82) is 0 Å². The van der Waals surface area contributed by atoms with Crippen LogP contribution in [0.15, 0.2) is 24.5 Å². The van der Waals surface area contributed by atoms with Gasteiger partial charge in [0.1, 0.15) is 5.82 Å². The lowest BCUT2D eigenvalue weighted by Gasteiger charge is -2.15. The molecule has 1 aliphatic carbocycles. The van der Waals surface area contributed by atoms with E-state index in [1.165, 1.54) is 5.56 Å². The Labute approximate surface area is 135 Å². The molecular weight excluding hydrogens is 292 g/mol. The smallest absolute Gasteiger partial charge is 0.303 e. The Bertz CT molecular complexity index is 703. The highest BCUT2D eigenvalue weighted by Crippen LogP contribution is 2.29. The molecule has 3 rings (SSSR count). The average molecular weight is 312 g/mol. The summed E-state index contributed by atoms with van der Waals surface area (Å²) in [4.78, 5) is 24.2. The van der Waals surface area contributed by atoms with Crippen molar-refractivity contribution >= 4 is 11.8 Å². The Morgan fingerprint density at radius 1 is 1.30 bits per heavy atom. The first-order valence-corrected chi connectivity index (χ1v) is 7.89. The molecule has 6 heteroatoms. The first-order valence-electron chi connectivity index (χ1n) is 7.89. The maximum absolute atomic E-state index is 10.8. The molecule has 23 heavy (non-hydrogen) atoms. The summed E-state index contributed by atoms with van der Waals surface area (Å²) < 4.78 is 0. The number of carbonyl (C=O) groups is 1. The van der Waals surface area contributed by atoms with Gasteiger partial charge in [0.05, 0.1) is 0 Å². The van der Waals surface area contributed by atoms with Crippen LogP contribution < -0.4 is 5.32 Å². The van der Waals surface area contributed by atoms with E-state index in [9.17, 15) is 4.79 Å². The summed E-state index contributed by atoms with van der Waals surface area (Å²) in [6, 6.07) is 3.79. The molecule has 0 amide bonds. The number of fused-ring (bicyclic) bond motifs is 1. The number of aromatic nitrogens is 3. The molecule has 1 unspecified atom stereocenters. The van der Waals surface area contributed by atoms with Crippen LogP contribution in [0.25, 0.3) is 11.4 Å². The molecule has 0 saturated heterocycles. The van der Waals surface area contributed by atoms with Gasteiger partial charge < -0.3 is 10.4 Å². The van der Waals surface area contributed by atoms with Crippen molar-refractivity contribution in [2.75, 3.05) is 11.9 Å². The van der Waals surface area contributed by atoms with Gasteiger partial charge >= 0.3 is 5.97 Å². The molecule has 0 radical (unpaired) electrons. The molecular formula is C17H20N4O2. The van der Waals surface area contributed by atoms with Gasteiger partial charge in [-0.3, -0.25) is 9.78 Å². The number of nitrogens with zero attached hydrogens (tertiary/aromatic N) is 3. The minimum atomic E-state index is -0.773. The SMILES string of the molecule is CC(CNc1nc(-c2ccncc2)nc2c1CCC2)CC(=O)O. The minimum Gasteiger partial charge on any atom is -0.481 e. The van der Waals surface area contributed by atoms with Crippen molar-refractivity contribution in [3.63, 3.8) is 0 Å². The largest absolute Gasteiger partial charge is 0.481 e. The number of carboxylic acids is 1. The van der Waals surface area contributed by atoms with E-state index in [1.54, 1.807) is 12.4 Å². The molecule has 1 aliphatic rings. The average Bonchev–Trinajstić information content (AvgIpc) is 3.01. The van der Waals surface area contributed by atoms with Gasteiger partial charge in [-0.25, -0.2) is 9.97 Å². The number of anilines is 1. The zero-order valence-electron chi connectivity index (χ0n) is 13.1. The number of aliphatic carboxylic acids is 1. The van der Waals surface area contributed by atoms with Gasteiger partial charge in [-0.15, -0.1) is 0 Å². The van der Waals surface area contributed by atoms with Gasteiger partial charge in [-0.1, -0.05) is 6.92 Å². The molecule has 0 saturated carbocycles. The van der Waals surface area contributed by atoms with Crippen molar-refractivity contribution in [2.24, 2.45) is 5.92 Å². The van der Waals surface area contributed by atoms with Crippen molar-refractivity contribution in [3.05, 3.63) is 35.8 Å². The predicted molar refractivity (Wildman–Crippen MR) is 87.2 cm³/mol. The molecule has 2 heterocycles. The monoisotopic (exact) mass is 312 g/mol. The van der Waals surface area contributed by atoms with Crippen molar-refractivity contribution < 1.29 is 9.90 Å². The van der Waals surface area contributed by atoms with Crippen LogP contribution in [0.4, 0.5) is 5.82 Å². The first-order chi connectivity index (χ1) is 11.1. The second-order valence-electron chi connectivity index (χ2n) is 5.99. The highest BCUT2D eigenvalue weighted by atomic mass is 16.4. The predicted octanol–water partition coefficient (Wildman–Crippen LogP) is 2.55. The molecule has 2 aromatic rings. The summed E-state index contributed by atoms with van der Waals surface area (Å²) in [5, 5.41) is 12.2. The van der Waals surface area contributed by atoms with E-state index in [4.69, 9.17) is 5.11 Å². The van der Waals surface area contributed by atoms with E-state index in [-0.39, 0.29) is 12.3 Å². The molecule has 0 spiro atoms. The summed E-state index contributed by atoms with van der Waals surface area (Å²) >= 11 is 0. The quantitative estimate of drug-likeness (QED) is 0.852. The van der Waals surface area contributed by atoms with E-state index in [0.29, 0.717) is 12.4 Å². The Kier molecular flexibility index (Phi) is 4.50. The molecule has 0 bridgehead atoms. The summed E-state index contributed by atoms with van der Waals surface area (Å²) in [6.07, 6.45) is 6.64. The topological polar surface area (TPSA) is 88.0 Å². The summed E-state index contributed by atoms with van der Waals surface area (Å²) in [5.41, 5.74) is 3.21. The Balaban J connectivity index is 1.84. The first kappa shape index (κ1) is 15.4. The fourth-order valence-electron chi connectivity index (χ4n) is 2.85. The summed E-state index contributed by atoms with van der Waals surface area (Å²) in [7, 11) is 0. The van der Waals surface area contributed by atoms with Crippen LogP contribution in [-0.4, -0.2) is 32.6 Å². The third-order valence-electron chi connectivity index (χ3n) is 4.01. The van der Waals surface area contributed by atoms with Gasteiger partial charge in [0, 0.05) is 42.2 Å². The number of nitrogens with one attached hydrogen (secondary N) is 1. The molecule has 120 valence electrons. The lowest BCUT2D eigenvalue weighted by Crippen LogP contribution is -2.17. The highest BCUT2D eigenvalue weighted by molar-refractivity contribution is 5.67. The zero-order chi connectivity index (χ0) is 16.2. The van der Waals surface area contributed by atoms with Gasteiger partial charge in [-0.2, -0.15) is 0 Å². The fraction of sp³-hybridized carbons (Fsp3) is 0.412. The summed E-state index contributed by atoms with van der Waals surface area (Å²) in [5.74, 6) is 0.812. The van der Waals surface area contributed by atoms with E-state index in [1.807, 2.05) is 19.1 Å². The molecule has 0 aromatic carbocycles. The second-order valence-corrected chi connectivity index (χ2v) is 5.99. The van der Waals surface area contributed by atoms with Crippen molar-refractivity contribution in [2.45, 2.75) is 32.6 Å². The van der Waals surface area contributed by atoms with Crippen LogP contribution in [0, 0.1) is 5.92 Å². The van der Waals surface area contributed by atoms with E-state index >= 15 is 0 Å². The van der Waals surface area contributed by atoms with E-state index in [2.05, 4.69) is 20.3 Å². The Morgan fingerprint density at radius 3 is 2.83 bits per heavy atom. The second kappa shape index (κ2) is 6.73. The zero-order valence-corrected chi connectivity index (χ0v) is 13.1. The normalized spacial score (nSPS) is 14.3. The number of pyridine rings is 1. The third kappa shape index (κ3) is 3.64. The summed E-state index contributed by atoms with van der Waals surface area (Å²) in [6.45, 7) is 2.51. The van der Waals surface area contributed by atoms with Gasteiger partial charge in [0.15, 0.2) is 5.82 Å². The highest BCUT2D eigenvalue weighted by Gasteiger charge is 2.20. The van der Waals surface area contributed by atoms with Gasteiger partial charge in [0.25, 0.3) is 0 Å². The maximum atomic E-state index is 10.8. The van der Waals surface area contributed by atoms with Crippen molar-refractivity contribution in [3.8, 4) is 11.4 Å². The van der Waals surface area contributed by atoms with Crippen molar-refractivity contribution in [1.82, 2.24) is 15.0 Å².